The van der Waals surface area contributed by atoms with E-state index >= 15 is 0 Å². The van der Waals surface area contributed by atoms with Gasteiger partial charge in [0.05, 0.1) is 26.7 Å². The maximum atomic E-state index is 12.0. The Balaban J connectivity index is 2.30. The molecule has 0 radical (unpaired) electrons. The summed E-state index contributed by atoms with van der Waals surface area (Å²) in [6, 6.07) is 7.87. The van der Waals surface area contributed by atoms with Gasteiger partial charge in [0.2, 0.25) is 0 Å². The van der Waals surface area contributed by atoms with Crippen molar-refractivity contribution in [3.63, 3.8) is 0 Å². The molecule has 0 aliphatic heterocycles. The number of ether oxygens (including phenoxy) is 1. The van der Waals surface area contributed by atoms with Crippen LogP contribution in [0.4, 0.5) is 0 Å². The number of halogens is 4. The summed E-state index contributed by atoms with van der Waals surface area (Å²) >= 11 is 23.2. The highest BCUT2D eigenvalue weighted by Crippen LogP contribution is 2.36. The predicted molar refractivity (Wildman–Crippen MR) is 80.4 cm³/mol. The van der Waals surface area contributed by atoms with Crippen LogP contribution >= 0.6 is 46.4 Å². The number of benzene rings is 1. The molecule has 2 aromatic rings. The van der Waals surface area contributed by atoms with Gasteiger partial charge in [-0.2, -0.15) is 5.26 Å². The summed E-state index contributed by atoms with van der Waals surface area (Å²) in [5.74, 6) is -0.621. The largest absolute Gasteiger partial charge is 0.422 e. The summed E-state index contributed by atoms with van der Waals surface area (Å²) < 4.78 is 5.07. The zero-order valence-corrected chi connectivity index (χ0v) is 13.1. The average molecular weight is 362 g/mol. The number of nitrogens with zero attached hydrogens (tertiary/aromatic N) is 2. The molecule has 106 valence electrons. The third-order valence-corrected chi connectivity index (χ3v) is 4.05. The van der Waals surface area contributed by atoms with E-state index in [2.05, 4.69) is 4.98 Å². The first-order chi connectivity index (χ1) is 9.93. The first kappa shape index (κ1) is 15.9. The van der Waals surface area contributed by atoms with Crippen molar-refractivity contribution in [1.82, 2.24) is 4.98 Å². The zero-order valence-electron chi connectivity index (χ0n) is 10.0. The van der Waals surface area contributed by atoms with Crippen molar-refractivity contribution in [2.45, 2.75) is 0 Å². The van der Waals surface area contributed by atoms with Crippen LogP contribution in [0.15, 0.2) is 24.3 Å². The molecule has 0 saturated heterocycles. The maximum absolute atomic E-state index is 12.0. The summed E-state index contributed by atoms with van der Waals surface area (Å²) in [6.45, 7) is 0. The Hall–Kier alpha value is -1.51. The number of aromatic nitrogens is 1. The van der Waals surface area contributed by atoms with E-state index in [1.165, 1.54) is 24.3 Å². The molecule has 1 heterocycles. The van der Waals surface area contributed by atoms with Gasteiger partial charge in [-0.25, -0.2) is 9.78 Å². The van der Waals surface area contributed by atoms with Gasteiger partial charge in [0.1, 0.15) is 10.9 Å². The highest BCUT2D eigenvalue weighted by Gasteiger charge is 2.21. The van der Waals surface area contributed by atoms with Gasteiger partial charge in [0, 0.05) is 0 Å². The van der Waals surface area contributed by atoms with Crippen LogP contribution in [0.1, 0.15) is 16.1 Å². The number of carbonyl (C=O) groups excluding carboxylic acids is 1. The maximum Gasteiger partial charge on any atom is 0.364 e. The molecule has 4 nitrogen and oxygen atoms in total. The van der Waals surface area contributed by atoms with E-state index in [1.54, 1.807) is 0 Å². The van der Waals surface area contributed by atoms with Gasteiger partial charge in [-0.05, 0) is 24.3 Å². The highest BCUT2D eigenvalue weighted by atomic mass is 35.5. The van der Waals surface area contributed by atoms with E-state index in [0.29, 0.717) is 5.56 Å². The zero-order chi connectivity index (χ0) is 15.6. The molecule has 0 atom stereocenters. The number of esters is 1. The lowest BCUT2D eigenvalue weighted by atomic mass is 10.2. The smallest absolute Gasteiger partial charge is 0.364 e. The fourth-order valence-corrected chi connectivity index (χ4v) is 2.18. The van der Waals surface area contributed by atoms with Crippen LogP contribution in [-0.4, -0.2) is 11.0 Å². The lowest BCUT2D eigenvalue weighted by Crippen LogP contribution is -2.12. The SMILES string of the molecule is N#Cc1ccc(OC(=O)c2nc(Cl)c(Cl)c(Cl)c2Cl)cc1. The fourth-order valence-electron chi connectivity index (χ4n) is 1.38. The highest BCUT2D eigenvalue weighted by molar-refractivity contribution is 6.52. The van der Waals surface area contributed by atoms with Crippen LogP contribution in [0.25, 0.3) is 0 Å². The molecule has 1 aromatic heterocycles. The van der Waals surface area contributed by atoms with Crippen LogP contribution in [0.2, 0.25) is 20.2 Å². The van der Waals surface area contributed by atoms with Gasteiger partial charge in [-0.15, -0.1) is 0 Å². The van der Waals surface area contributed by atoms with Gasteiger partial charge in [0.25, 0.3) is 0 Å². The third-order valence-electron chi connectivity index (χ3n) is 2.37. The Morgan fingerprint density at radius 3 is 2.24 bits per heavy atom. The van der Waals surface area contributed by atoms with Crippen LogP contribution in [0.3, 0.4) is 0 Å². The second-order valence-corrected chi connectivity index (χ2v) is 5.21. The van der Waals surface area contributed by atoms with E-state index in [0.717, 1.165) is 0 Å². The van der Waals surface area contributed by atoms with Crippen molar-refractivity contribution in [2.75, 3.05) is 0 Å². The summed E-state index contributed by atoms with van der Waals surface area (Å²) in [4.78, 5) is 15.8. The number of hydrogen-bond donors (Lipinski definition) is 0. The summed E-state index contributed by atoms with van der Waals surface area (Å²) in [7, 11) is 0. The molecule has 2 rings (SSSR count). The molecule has 0 unspecified atom stereocenters. The van der Waals surface area contributed by atoms with E-state index in [4.69, 9.17) is 56.4 Å². The first-order valence-corrected chi connectivity index (χ1v) is 6.87. The standard InChI is InChI=1S/C13H4Cl4N2O2/c14-8-9(15)11(19-12(17)10(8)16)13(20)21-7-3-1-6(5-18)2-4-7/h1-4H. The monoisotopic (exact) mass is 360 g/mol. The molecule has 0 N–H and O–H groups in total. The minimum absolute atomic E-state index is 0.0433. The minimum Gasteiger partial charge on any atom is -0.422 e. The second kappa shape index (κ2) is 6.50. The molecule has 0 spiro atoms. The van der Waals surface area contributed by atoms with Gasteiger partial charge in [-0.3, -0.25) is 0 Å². The normalized spacial score (nSPS) is 10.0. The summed E-state index contributed by atoms with van der Waals surface area (Å²) in [5.41, 5.74) is 0.184. The first-order valence-electron chi connectivity index (χ1n) is 5.36. The van der Waals surface area contributed by atoms with E-state index in [9.17, 15) is 4.79 Å². The molecule has 0 aliphatic rings. The van der Waals surface area contributed by atoms with Gasteiger partial charge in [-0.1, -0.05) is 46.4 Å². The van der Waals surface area contributed by atoms with Crippen LogP contribution in [0, 0.1) is 11.3 Å². The molecule has 0 amide bonds. The Bertz CT molecular complexity index is 754. The molecular weight excluding hydrogens is 358 g/mol. The van der Waals surface area contributed by atoms with Crippen molar-refractivity contribution in [3.05, 3.63) is 55.7 Å². The molecular formula is C13H4Cl4N2O2. The molecule has 0 saturated carbocycles. The van der Waals surface area contributed by atoms with E-state index in [-0.39, 0.29) is 31.7 Å². The van der Waals surface area contributed by atoms with Crippen molar-refractivity contribution < 1.29 is 9.53 Å². The summed E-state index contributed by atoms with van der Waals surface area (Å²) in [6.07, 6.45) is 0. The Morgan fingerprint density at radius 2 is 1.67 bits per heavy atom. The molecule has 0 fully saturated rings. The molecule has 1 aromatic carbocycles. The van der Waals surface area contributed by atoms with Crippen molar-refractivity contribution in [2.24, 2.45) is 0 Å². The lowest BCUT2D eigenvalue weighted by Gasteiger charge is -2.08. The second-order valence-electron chi connectivity index (χ2n) is 3.72. The van der Waals surface area contributed by atoms with Gasteiger partial charge >= 0.3 is 5.97 Å². The molecule has 0 bridgehead atoms. The Kier molecular flexibility index (Phi) is 4.92. The number of nitriles is 1. The van der Waals surface area contributed by atoms with Crippen LogP contribution in [0.5, 0.6) is 5.75 Å². The van der Waals surface area contributed by atoms with E-state index < -0.39 is 5.97 Å². The van der Waals surface area contributed by atoms with Gasteiger partial charge < -0.3 is 4.74 Å². The Morgan fingerprint density at radius 1 is 1.05 bits per heavy atom. The summed E-state index contributed by atoms with van der Waals surface area (Å²) in [5, 5.41) is 8.26. The number of pyridine rings is 1. The van der Waals surface area contributed by atoms with Crippen LogP contribution < -0.4 is 4.74 Å². The molecule has 21 heavy (non-hydrogen) atoms. The fraction of sp³-hybridized carbons (Fsp3) is 0. The molecule has 0 aliphatic carbocycles. The van der Waals surface area contributed by atoms with Crippen molar-refractivity contribution >= 4 is 52.4 Å². The quantitative estimate of drug-likeness (QED) is 0.438. The molecule has 8 heteroatoms. The van der Waals surface area contributed by atoms with E-state index in [1.807, 2.05) is 6.07 Å². The van der Waals surface area contributed by atoms with Gasteiger partial charge in [0.15, 0.2) is 5.69 Å². The third kappa shape index (κ3) is 3.39. The van der Waals surface area contributed by atoms with Crippen LogP contribution in [-0.2, 0) is 0 Å². The average Bonchev–Trinajstić information content (AvgIpc) is 2.49. The number of hydrogen-bond acceptors (Lipinski definition) is 4. The topological polar surface area (TPSA) is 63.0 Å². The minimum atomic E-state index is -0.842. The van der Waals surface area contributed by atoms with Crippen molar-refractivity contribution in [3.8, 4) is 11.8 Å². The Labute approximate surface area is 139 Å². The predicted octanol–water partition coefficient (Wildman–Crippen LogP) is 4.79. The lowest BCUT2D eigenvalue weighted by molar-refractivity contribution is 0.0729. The number of carbonyl (C=O) groups is 1. The number of rotatable bonds is 2. The van der Waals surface area contributed by atoms with Crippen molar-refractivity contribution in [1.29, 1.82) is 5.26 Å².